The summed E-state index contributed by atoms with van der Waals surface area (Å²) >= 11 is 0. The molecule has 0 unspecified atom stereocenters. The molecule has 0 saturated carbocycles. The summed E-state index contributed by atoms with van der Waals surface area (Å²) in [5.74, 6) is -0.666. The molecule has 0 spiro atoms. The first kappa shape index (κ1) is 15.6. The molecule has 2 aromatic heterocycles. The Hall–Kier alpha value is -2.61. The Bertz CT molecular complexity index is 1140. The Morgan fingerprint density at radius 2 is 1.81 bits per heavy atom. The van der Waals surface area contributed by atoms with Gasteiger partial charge in [0.05, 0.1) is 5.69 Å². The second kappa shape index (κ2) is 5.98. The molecule has 4 aromatic rings. The number of para-hydroxylation sites is 1. The molecule has 26 heavy (non-hydrogen) atoms. The molecule has 2 heteroatoms. The molecule has 0 saturated heterocycles. The van der Waals surface area contributed by atoms with Gasteiger partial charge in [0.15, 0.2) is 0 Å². The Morgan fingerprint density at radius 1 is 1.00 bits per heavy atom. The van der Waals surface area contributed by atoms with Gasteiger partial charge in [-0.25, -0.2) is 0 Å². The molecule has 0 bridgehead atoms. The van der Waals surface area contributed by atoms with Crippen molar-refractivity contribution in [1.29, 1.82) is 0 Å². The molecule has 0 amide bonds. The highest BCUT2D eigenvalue weighted by Gasteiger charge is 2.18. The number of hydrogen-bond acceptors (Lipinski definition) is 2. The van der Waals surface area contributed by atoms with E-state index in [1.165, 1.54) is 5.56 Å². The van der Waals surface area contributed by atoms with Gasteiger partial charge in [0.2, 0.25) is 0 Å². The van der Waals surface area contributed by atoms with E-state index in [1.807, 2.05) is 38.1 Å². The molecule has 2 heterocycles. The summed E-state index contributed by atoms with van der Waals surface area (Å²) in [5, 5.41) is 2.22. The highest BCUT2D eigenvalue weighted by Crippen LogP contribution is 2.37. The van der Waals surface area contributed by atoms with Crippen molar-refractivity contribution >= 4 is 21.9 Å². The topological polar surface area (TPSA) is 26.0 Å². The van der Waals surface area contributed by atoms with Gasteiger partial charge < -0.3 is 4.42 Å². The highest BCUT2D eigenvalue weighted by molar-refractivity contribution is 6.09. The predicted molar refractivity (Wildman–Crippen MR) is 110 cm³/mol. The lowest BCUT2D eigenvalue weighted by Crippen LogP contribution is -2.10. The second-order valence-corrected chi connectivity index (χ2v) is 8.18. The third-order valence-electron chi connectivity index (χ3n) is 4.98. The van der Waals surface area contributed by atoms with Crippen molar-refractivity contribution in [1.82, 2.24) is 4.98 Å². The molecular formula is C24H25NO. The van der Waals surface area contributed by atoms with Gasteiger partial charge in [-0.05, 0) is 46.7 Å². The fourth-order valence-electron chi connectivity index (χ4n) is 3.36. The zero-order chi connectivity index (χ0) is 19.4. The first-order valence-corrected chi connectivity index (χ1v) is 9.07. The van der Waals surface area contributed by atoms with Crippen molar-refractivity contribution in [2.24, 2.45) is 0 Å². The Balaban J connectivity index is 1.95. The van der Waals surface area contributed by atoms with Crippen LogP contribution < -0.4 is 0 Å². The number of pyridine rings is 1. The normalized spacial score (nSPS) is 13.3. The number of furan rings is 1. The van der Waals surface area contributed by atoms with E-state index in [4.69, 9.17) is 5.79 Å². The van der Waals surface area contributed by atoms with E-state index in [-0.39, 0.29) is 5.41 Å². The Labute approximate surface area is 156 Å². The van der Waals surface area contributed by atoms with Gasteiger partial charge in [-0.15, -0.1) is 0 Å². The number of fused-ring (bicyclic) bond motifs is 3. The zero-order valence-corrected chi connectivity index (χ0v) is 16.1. The maximum atomic E-state index is 8.31. The van der Waals surface area contributed by atoms with Crippen molar-refractivity contribution in [3.8, 4) is 11.3 Å². The highest BCUT2D eigenvalue weighted by atomic mass is 16.3. The fourth-order valence-corrected chi connectivity index (χ4v) is 3.36. The molecule has 0 radical (unpaired) electrons. The monoisotopic (exact) mass is 344 g/mol. The maximum Gasteiger partial charge on any atom is 0.144 e. The molecule has 2 aromatic carbocycles. The summed E-state index contributed by atoms with van der Waals surface area (Å²) in [6.07, 6.45) is 1.78. The van der Waals surface area contributed by atoms with Gasteiger partial charge in [0, 0.05) is 23.9 Å². The lowest BCUT2D eigenvalue weighted by molar-refractivity contribution is 0.587. The average molecular weight is 344 g/mol. The molecule has 132 valence electrons. The van der Waals surface area contributed by atoms with Crippen LogP contribution in [0.3, 0.4) is 0 Å². The van der Waals surface area contributed by atoms with Crippen LogP contribution in [-0.2, 0) is 5.41 Å². The van der Waals surface area contributed by atoms with Gasteiger partial charge in [0.1, 0.15) is 11.2 Å². The van der Waals surface area contributed by atoms with Crippen LogP contribution in [0.5, 0.6) is 0 Å². The van der Waals surface area contributed by atoms with Gasteiger partial charge in [-0.1, -0.05) is 58.9 Å². The number of hydrogen-bond donors (Lipinski definition) is 0. The lowest BCUT2D eigenvalue weighted by Gasteiger charge is -2.18. The van der Waals surface area contributed by atoms with Crippen LogP contribution in [0.4, 0.5) is 0 Å². The Morgan fingerprint density at radius 3 is 2.54 bits per heavy atom. The summed E-state index contributed by atoms with van der Waals surface area (Å²) in [6, 6.07) is 16.6. The van der Waals surface area contributed by atoms with E-state index in [2.05, 4.69) is 50.0 Å². The first-order chi connectivity index (χ1) is 12.6. The summed E-state index contributed by atoms with van der Waals surface area (Å²) in [7, 11) is 0. The number of benzene rings is 2. The molecule has 4 rings (SSSR count). The fraction of sp³-hybridized carbons (Fsp3) is 0.292. The molecule has 2 nitrogen and oxygen atoms in total. The number of nitrogens with zero attached hydrogens (tertiary/aromatic N) is 1. The summed E-state index contributed by atoms with van der Waals surface area (Å²) < 4.78 is 14.6. The summed E-state index contributed by atoms with van der Waals surface area (Å²) in [5.41, 5.74) is 5.83. The Kier molecular flexibility index (Phi) is 3.59. The van der Waals surface area contributed by atoms with Crippen molar-refractivity contribution in [2.45, 2.75) is 45.9 Å². The molecule has 0 aliphatic heterocycles. The summed E-state index contributed by atoms with van der Waals surface area (Å²) in [6.45, 7) is 10.4. The minimum absolute atomic E-state index is 0.0750. The molecular weight excluding hydrogens is 318 g/mol. The second-order valence-electron chi connectivity index (χ2n) is 8.18. The minimum atomic E-state index is -0.666. The molecule has 0 aliphatic carbocycles. The van der Waals surface area contributed by atoms with Crippen molar-refractivity contribution in [3.63, 3.8) is 0 Å². The van der Waals surface area contributed by atoms with Gasteiger partial charge in [0.25, 0.3) is 0 Å². The molecule has 0 N–H and O–H groups in total. The summed E-state index contributed by atoms with van der Waals surface area (Å²) in [4.78, 5) is 4.56. The van der Waals surface area contributed by atoms with E-state index in [9.17, 15) is 0 Å². The largest absolute Gasteiger partial charge is 0.455 e. The van der Waals surface area contributed by atoms with Crippen LogP contribution in [-0.4, -0.2) is 4.98 Å². The van der Waals surface area contributed by atoms with E-state index in [0.29, 0.717) is 0 Å². The molecule has 0 atom stereocenters. The van der Waals surface area contributed by atoms with Crippen molar-refractivity contribution in [3.05, 3.63) is 65.9 Å². The molecule has 0 fully saturated rings. The van der Waals surface area contributed by atoms with Crippen molar-refractivity contribution < 1.29 is 5.79 Å². The van der Waals surface area contributed by atoms with E-state index < -0.39 is 5.89 Å². The van der Waals surface area contributed by atoms with Crippen LogP contribution in [0.25, 0.3) is 33.2 Å². The minimum Gasteiger partial charge on any atom is -0.455 e. The van der Waals surface area contributed by atoms with Gasteiger partial charge in [-0.2, -0.15) is 0 Å². The van der Waals surface area contributed by atoms with Crippen LogP contribution in [0.1, 0.15) is 53.0 Å². The van der Waals surface area contributed by atoms with Gasteiger partial charge >= 0.3 is 0 Å². The quantitative estimate of drug-likeness (QED) is 0.389. The van der Waals surface area contributed by atoms with Crippen LogP contribution >= 0.6 is 0 Å². The SMILES string of the molecule is [2H]C(C)(C)c1ccnc(-c2cccc3c2oc2cc(C(C)(C)C)ccc23)c1. The van der Waals surface area contributed by atoms with E-state index >= 15 is 0 Å². The van der Waals surface area contributed by atoms with Crippen LogP contribution in [0, 0.1) is 0 Å². The first-order valence-electron chi connectivity index (χ1n) is 9.57. The zero-order valence-electron chi connectivity index (χ0n) is 17.1. The van der Waals surface area contributed by atoms with Crippen LogP contribution in [0.2, 0.25) is 0 Å². The number of aromatic nitrogens is 1. The third-order valence-corrected chi connectivity index (χ3v) is 4.98. The van der Waals surface area contributed by atoms with Crippen molar-refractivity contribution in [2.75, 3.05) is 0 Å². The lowest BCUT2D eigenvalue weighted by atomic mass is 9.86. The van der Waals surface area contributed by atoms with E-state index in [0.717, 1.165) is 38.8 Å². The predicted octanol–water partition coefficient (Wildman–Crippen LogP) is 7.07. The van der Waals surface area contributed by atoms with Crippen LogP contribution in [0.15, 0.2) is 59.1 Å². The smallest absolute Gasteiger partial charge is 0.144 e. The number of rotatable bonds is 2. The van der Waals surface area contributed by atoms with E-state index in [1.54, 1.807) is 6.20 Å². The van der Waals surface area contributed by atoms with Gasteiger partial charge in [-0.3, -0.25) is 4.98 Å². The standard InChI is InChI=1S/C24H25NO/c1-15(2)16-11-12-25-21(13-16)20-8-6-7-19-18-10-9-17(24(3,4)5)14-22(18)26-23(19)20/h6-15H,1-5H3/i15D. The third kappa shape index (κ3) is 2.80. The average Bonchev–Trinajstić information content (AvgIpc) is 2.98. The molecule has 0 aliphatic rings. The maximum absolute atomic E-state index is 8.31.